The number of rotatable bonds is 9. The summed E-state index contributed by atoms with van der Waals surface area (Å²) >= 11 is 0. The summed E-state index contributed by atoms with van der Waals surface area (Å²) in [6, 6.07) is 9.94. The summed E-state index contributed by atoms with van der Waals surface area (Å²) in [5.74, 6) is 0.731. The Hall–Kier alpha value is -2.27. The van der Waals surface area contributed by atoms with E-state index < -0.39 is 0 Å². The molecule has 0 saturated carbocycles. The first-order valence-corrected chi connectivity index (χ1v) is 11.0. The van der Waals surface area contributed by atoms with Crippen molar-refractivity contribution in [2.45, 2.75) is 64.8 Å². The number of piperidine rings is 1. The molecule has 0 bridgehead atoms. The average Bonchev–Trinajstić information content (AvgIpc) is 2.75. The fourth-order valence-corrected chi connectivity index (χ4v) is 4.05. The van der Waals surface area contributed by atoms with Crippen LogP contribution in [0.25, 0.3) is 0 Å². The summed E-state index contributed by atoms with van der Waals surface area (Å²) in [6.07, 6.45) is 12.0. The second-order valence-corrected chi connectivity index (χ2v) is 8.38. The minimum atomic E-state index is -0.175. The molecule has 3 rings (SSSR count). The molecule has 1 N–H and O–H groups in total. The van der Waals surface area contributed by atoms with Crippen molar-refractivity contribution >= 4 is 11.6 Å². The third-order valence-electron chi connectivity index (χ3n) is 5.90. The predicted octanol–water partition coefficient (Wildman–Crippen LogP) is 4.95. The molecule has 1 aliphatic heterocycles. The third kappa shape index (κ3) is 6.93. The summed E-state index contributed by atoms with van der Waals surface area (Å²) in [7, 11) is 0. The molecule has 3 heterocycles. The van der Waals surface area contributed by atoms with Gasteiger partial charge in [0.25, 0.3) is 5.91 Å². The zero-order valence-electron chi connectivity index (χ0n) is 17.8. The van der Waals surface area contributed by atoms with E-state index in [0.717, 1.165) is 30.1 Å². The largest absolute Gasteiger partial charge is 0.321 e. The van der Waals surface area contributed by atoms with E-state index in [1.54, 1.807) is 30.6 Å². The van der Waals surface area contributed by atoms with Crippen molar-refractivity contribution in [2.24, 2.45) is 5.92 Å². The topological polar surface area (TPSA) is 58.1 Å². The number of amides is 1. The van der Waals surface area contributed by atoms with Crippen LogP contribution >= 0.6 is 0 Å². The molecule has 5 heteroatoms. The van der Waals surface area contributed by atoms with Crippen molar-refractivity contribution < 1.29 is 4.79 Å². The molecule has 0 unspecified atom stereocenters. The van der Waals surface area contributed by atoms with E-state index >= 15 is 0 Å². The number of carbonyl (C=O) groups is 1. The molecule has 0 atom stereocenters. The van der Waals surface area contributed by atoms with Gasteiger partial charge in [-0.1, -0.05) is 25.3 Å². The Balaban J connectivity index is 1.36. The highest BCUT2D eigenvalue weighted by atomic mass is 16.1. The molecule has 2 aromatic heterocycles. The smallest absolute Gasteiger partial charge is 0.274 e. The van der Waals surface area contributed by atoms with E-state index in [-0.39, 0.29) is 5.91 Å². The molecule has 29 heavy (non-hydrogen) atoms. The Kier molecular flexibility index (Phi) is 8.17. The van der Waals surface area contributed by atoms with Gasteiger partial charge in [0.1, 0.15) is 5.69 Å². The van der Waals surface area contributed by atoms with Gasteiger partial charge < -0.3 is 10.2 Å². The SMILES string of the molecule is CC(C)N1CCC(CCCCCc2cccc(C(=O)Nc3ccncc3)n2)CC1. The Labute approximate surface area is 175 Å². The maximum absolute atomic E-state index is 12.4. The number of nitrogens with zero attached hydrogens (tertiary/aromatic N) is 3. The third-order valence-corrected chi connectivity index (χ3v) is 5.90. The highest BCUT2D eigenvalue weighted by Crippen LogP contribution is 2.24. The lowest BCUT2D eigenvalue weighted by Gasteiger charge is -2.34. The number of pyridine rings is 2. The van der Waals surface area contributed by atoms with Gasteiger partial charge in [-0.3, -0.25) is 9.78 Å². The lowest BCUT2D eigenvalue weighted by Crippen LogP contribution is -2.38. The molecule has 1 fully saturated rings. The first kappa shape index (κ1) is 21.4. The summed E-state index contributed by atoms with van der Waals surface area (Å²) in [6.45, 7) is 7.12. The fraction of sp³-hybridized carbons (Fsp3) is 0.542. The summed E-state index contributed by atoms with van der Waals surface area (Å²) in [5.41, 5.74) is 2.20. The van der Waals surface area contributed by atoms with Crippen molar-refractivity contribution in [2.75, 3.05) is 18.4 Å². The van der Waals surface area contributed by atoms with Crippen molar-refractivity contribution in [3.05, 3.63) is 54.1 Å². The Morgan fingerprint density at radius 3 is 2.59 bits per heavy atom. The Bertz CT molecular complexity index is 754. The maximum atomic E-state index is 12.4. The van der Waals surface area contributed by atoms with Crippen LogP contribution in [0.2, 0.25) is 0 Å². The normalized spacial score (nSPS) is 15.6. The minimum absolute atomic E-state index is 0.175. The maximum Gasteiger partial charge on any atom is 0.274 e. The number of aromatic nitrogens is 2. The van der Waals surface area contributed by atoms with E-state index in [2.05, 4.69) is 34.0 Å². The van der Waals surface area contributed by atoms with Crippen LogP contribution in [-0.4, -0.2) is 39.9 Å². The molecule has 0 aliphatic carbocycles. The average molecular weight is 395 g/mol. The molecule has 5 nitrogen and oxygen atoms in total. The second-order valence-electron chi connectivity index (χ2n) is 8.38. The Morgan fingerprint density at radius 2 is 1.86 bits per heavy atom. The lowest BCUT2D eigenvalue weighted by atomic mass is 9.90. The number of anilines is 1. The fourth-order valence-electron chi connectivity index (χ4n) is 4.05. The zero-order chi connectivity index (χ0) is 20.5. The molecule has 0 radical (unpaired) electrons. The molecule has 1 aliphatic rings. The predicted molar refractivity (Wildman–Crippen MR) is 118 cm³/mol. The van der Waals surface area contributed by atoms with E-state index in [1.807, 2.05) is 12.1 Å². The monoisotopic (exact) mass is 394 g/mol. The molecule has 1 amide bonds. The van der Waals surface area contributed by atoms with E-state index in [4.69, 9.17) is 0 Å². The van der Waals surface area contributed by atoms with Crippen LogP contribution in [0, 0.1) is 5.92 Å². The van der Waals surface area contributed by atoms with Gasteiger partial charge in [-0.25, -0.2) is 4.98 Å². The van der Waals surface area contributed by atoms with E-state index in [1.165, 1.54) is 45.2 Å². The van der Waals surface area contributed by atoms with Gasteiger partial charge >= 0.3 is 0 Å². The molecular formula is C24H34N4O. The highest BCUT2D eigenvalue weighted by molar-refractivity contribution is 6.02. The number of hydrogen-bond acceptors (Lipinski definition) is 4. The van der Waals surface area contributed by atoms with Crippen molar-refractivity contribution in [3.8, 4) is 0 Å². The van der Waals surface area contributed by atoms with Gasteiger partial charge in [-0.05, 0) is 82.8 Å². The number of likely N-dealkylation sites (tertiary alicyclic amines) is 1. The van der Waals surface area contributed by atoms with Crippen LogP contribution in [0.5, 0.6) is 0 Å². The number of nitrogens with one attached hydrogen (secondary N) is 1. The van der Waals surface area contributed by atoms with Crippen LogP contribution in [0.4, 0.5) is 5.69 Å². The van der Waals surface area contributed by atoms with Gasteiger partial charge in [0.15, 0.2) is 0 Å². The second kappa shape index (κ2) is 11.1. The standard InChI is InChI=1S/C24H34N4O/c1-19(2)28-17-13-20(14-18-28)7-4-3-5-8-21-9-6-10-23(26-21)24(29)27-22-11-15-25-16-12-22/h6,9-12,15-16,19-20H,3-5,7-8,13-14,17-18H2,1-2H3,(H,25,27,29). The number of hydrogen-bond donors (Lipinski definition) is 1. The van der Waals surface area contributed by atoms with Crippen LogP contribution < -0.4 is 5.32 Å². The van der Waals surface area contributed by atoms with E-state index in [0.29, 0.717) is 11.7 Å². The van der Waals surface area contributed by atoms with Crippen LogP contribution in [0.1, 0.15) is 68.6 Å². The van der Waals surface area contributed by atoms with Crippen molar-refractivity contribution in [1.82, 2.24) is 14.9 Å². The minimum Gasteiger partial charge on any atom is -0.321 e. The molecule has 2 aromatic rings. The van der Waals surface area contributed by atoms with Gasteiger partial charge in [0, 0.05) is 29.8 Å². The first-order valence-electron chi connectivity index (χ1n) is 11.0. The first-order chi connectivity index (χ1) is 14.1. The van der Waals surface area contributed by atoms with Gasteiger partial charge in [0.05, 0.1) is 0 Å². The van der Waals surface area contributed by atoms with Crippen molar-refractivity contribution in [3.63, 3.8) is 0 Å². The summed E-state index contributed by atoms with van der Waals surface area (Å²) in [4.78, 5) is 23.5. The molecule has 0 spiro atoms. The van der Waals surface area contributed by atoms with Crippen molar-refractivity contribution in [1.29, 1.82) is 0 Å². The zero-order valence-corrected chi connectivity index (χ0v) is 17.8. The van der Waals surface area contributed by atoms with Crippen LogP contribution in [0.3, 0.4) is 0 Å². The van der Waals surface area contributed by atoms with Gasteiger partial charge in [0.2, 0.25) is 0 Å². The molecular weight excluding hydrogens is 360 g/mol. The lowest BCUT2D eigenvalue weighted by molar-refractivity contribution is 0.102. The van der Waals surface area contributed by atoms with Gasteiger partial charge in [-0.2, -0.15) is 0 Å². The number of unbranched alkanes of at least 4 members (excludes halogenated alkanes) is 2. The molecule has 1 saturated heterocycles. The molecule has 0 aromatic carbocycles. The Morgan fingerprint density at radius 1 is 1.10 bits per heavy atom. The highest BCUT2D eigenvalue weighted by Gasteiger charge is 2.20. The van der Waals surface area contributed by atoms with E-state index in [9.17, 15) is 4.79 Å². The number of aryl methyl sites for hydroxylation is 1. The summed E-state index contributed by atoms with van der Waals surface area (Å²) in [5, 5.41) is 2.86. The van der Waals surface area contributed by atoms with Gasteiger partial charge in [-0.15, -0.1) is 0 Å². The summed E-state index contributed by atoms with van der Waals surface area (Å²) < 4.78 is 0. The number of carbonyl (C=O) groups excluding carboxylic acids is 1. The van der Waals surface area contributed by atoms with Crippen LogP contribution in [0.15, 0.2) is 42.7 Å². The van der Waals surface area contributed by atoms with Crippen LogP contribution in [-0.2, 0) is 6.42 Å². The quantitative estimate of drug-likeness (QED) is 0.611. The molecule has 156 valence electrons.